The number of benzene rings is 2. The summed E-state index contributed by atoms with van der Waals surface area (Å²) in [7, 11) is 0. The van der Waals surface area contributed by atoms with E-state index < -0.39 is 0 Å². The molecule has 138 valence electrons. The lowest BCUT2D eigenvalue weighted by Crippen LogP contribution is -2.40. The maximum atomic E-state index is 13.7. The van der Waals surface area contributed by atoms with Crippen LogP contribution in [0, 0.1) is 12.7 Å². The summed E-state index contributed by atoms with van der Waals surface area (Å²) in [5.41, 5.74) is 2.73. The number of likely N-dealkylation sites (N-methyl/N-ethyl adjacent to an activating group) is 1. The number of rotatable bonds is 3. The van der Waals surface area contributed by atoms with E-state index in [0.29, 0.717) is 47.8 Å². The average Bonchev–Trinajstić information content (AvgIpc) is 3.04. The molecule has 1 N–H and O–H groups in total. The van der Waals surface area contributed by atoms with Crippen LogP contribution in [0.25, 0.3) is 11.0 Å². The number of nitrogens with zero attached hydrogens (tertiary/aromatic N) is 3. The van der Waals surface area contributed by atoms with Crippen LogP contribution in [0.15, 0.2) is 36.4 Å². The minimum absolute atomic E-state index is 0.0962. The van der Waals surface area contributed by atoms with Gasteiger partial charge in [-0.05, 0) is 49.7 Å². The molecule has 6 nitrogen and oxygen atoms in total. The number of carbonyl (C=O) groups excluding carboxylic acids is 2. The molecule has 2 amide bonds. The van der Waals surface area contributed by atoms with Crippen LogP contribution in [0.3, 0.4) is 0 Å². The van der Waals surface area contributed by atoms with E-state index in [2.05, 4.69) is 10.3 Å². The fourth-order valence-corrected chi connectivity index (χ4v) is 3.30. The van der Waals surface area contributed by atoms with E-state index in [1.807, 2.05) is 11.5 Å². The van der Waals surface area contributed by atoms with Crippen molar-refractivity contribution in [1.29, 1.82) is 0 Å². The van der Waals surface area contributed by atoms with Gasteiger partial charge in [0, 0.05) is 30.9 Å². The Labute approximate surface area is 155 Å². The molecule has 0 fully saturated rings. The lowest BCUT2D eigenvalue weighted by molar-refractivity contribution is 0.0709. The van der Waals surface area contributed by atoms with Gasteiger partial charge < -0.3 is 14.8 Å². The summed E-state index contributed by atoms with van der Waals surface area (Å²) in [5, 5.41) is 2.69. The van der Waals surface area contributed by atoms with E-state index in [0.717, 1.165) is 5.52 Å². The van der Waals surface area contributed by atoms with Crippen molar-refractivity contribution in [2.75, 3.05) is 18.4 Å². The number of amides is 2. The second-order valence-corrected chi connectivity index (χ2v) is 6.59. The standard InChI is InChI=1S/C20H19FN4O2/c1-3-24-8-9-25-17-7-5-13(10-16(17)23-18(25)20(24)27)19(26)22-14-6-4-12(2)15(21)11-14/h4-7,10-11H,3,8-9H2,1-2H3,(H,22,26). The van der Waals surface area contributed by atoms with Gasteiger partial charge in [-0.25, -0.2) is 9.37 Å². The molecule has 1 aromatic heterocycles. The van der Waals surface area contributed by atoms with Crippen LogP contribution >= 0.6 is 0 Å². The highest BCUT2D eigenvalue weighted by Crippen LogP contribution is 2.23. The third-order valence-electron chi connectivity index (χ3n) is 4.89. The smallest absolute Gasteiger partial charge is 0.289 e. The molecule has 0 saturated carbocycles. The highest BCUT2D eigenvalue weighted by atomic mass is 19.1. The predicted octanol–water partition coefficient (Wildman–Crippen LogP) is 3.21. The number of carbonyl (C=O) groups is 2. The van der Waals surface area contributed by atoms with Gasteiger partial charge in [0.05, 0.1) is 11.0 Å². The van der Waals surface area contributed by atoms with Gasteiger partial charge in [-0.3, -0.25) is 9.59 Å². The Bertz CT molecular complexity index is 1070. The van der Waals surface area contributed by atoms with E-state index in [4.69, 9.17) is 0 Å². The largest absolute Gasteiger partial charge is 0.334 e. The van der Waals surface area contributed by atoms with Gasteiger partial charge in [-0.2, -0.15) is 0 Å². The summed E-state index contributed by atoms with van der Waals surface area (Å²) in [6, 6.07) is 9.70. The Kier molecular flexibility index (Phi) is 4.14. The van der Waals surface area contributed by atoms with Gasteiger partial charge in [0.2, 0.25) is 0 Å². The van der Waals surface area contributed by atoms with Crippen LogP contribution in [0.1, 0.15) is 33.5 Å². The molecular formula is C20H19FN4O2. The number of aryl methyl sites for hydroxylation is 1. The van der Waals surface area contributed by atoms with E-state index in [1.54, 1.807) is 42.2 Å². The van der Waals surface area contributed by atoms with Crippen molar-refractivity contribution >= 4 is 28.5 Å². The van der Waals surface area contributed by atoms with Crippen LogP contribution in [0.4, 0.5) is 10.1 Å². The van der Waals surface area contributed by atoms with Crippen molar-refractivity contribution in [3.63, 3.8) is 0 Å². The SMILES string of the molecule is CCN1CCn2c(nc3cc(C(=O)Nc4ccc(C)c(F)c4)ccc32)C1=O. The van der Waals surface area contributed by atoms with Gasteiger partial charge in [0.1, 0.15) is 5.82 Å². The Morgan fingerprint density at radius 1 is 1.22 bits per heavy atom. The maximum Gasteiger partial charge on any atom is 0.289 e. The number of nitrogens with one attached hydrogen (secondary N) is 1. The van der Waals surface area contributed by atoms with Crippen molar-refractivity contribution < 1.29 is 14.0 Å². The summed E-state index contributed by atoms with van der Waals surface area (Å²) in [6.45, 7) is 5.57. The Hall–Kier alpha value is -3.22. The van der Waals surface area contributed by atoms with E-state index >= 15 is 0 Å². The molecule has 0 radical (unpaired) electrons. The molecule has 1 aliphatic heterocycles. The zero-order chi connectivity index (χ0) is 19.1. The summed E-state index contributed by atoms with van der Waals surface area (Å²) < 4.78 is 15.6. The van der Waals surface area contributed by atoms with Crippen LogP contribution in [0.2, 0.25) is 0 Å². The number of aromatic nitrogens is 2. The summed E-state index contributed by atoms with van der Waals surface area (Å²) in [4.78, 5) is 31.2. The summed E-state index contributed by atoms with van der Waals surface area (Å²) in [6.07, 6.45) is 0. The first-order chi connectivity index (χ1) is 13.0. The molecule has 0 bridgehead atoms. The molecule has 3 aromatic rings. The first kappa shape index (κ1) is 17.2. The first-order valence-corrected chi connectivity index (χ1v) is 8.85. The van der Waals surface area contributed by atoms with Crippen molar-refractivity contribution in [3.8, 4) is 0 Å². The zero-order valence-corrected chi connectivity index (χ0v) is 15.1. The van der Waals surface area contributed by atoms with E-state index in [9.17, 15) is 14.0 Å². The Morgan fingerprint density at radius 3 is 2.78 bits per heavy atom. The number of hydrogen-bond acceptors (Lipinski definition) is 3. The van der Waals surface area contributed by atoms with Crippen LogP contribution in [-0.2, 0) is 6.54 Å². The molecule has 4 rings (SSSR count). The normalized spacial score (nSPS) is 13.7. The molecule has 27 heavy (non-hydrogen) atoms. The highest BCUT2D eigenvalue weighted by Gasteiger charge is 2.27. The number of fused-ring (bicyclic) bond motifs is 3. The molecule has 0 unspecified atom stereocenters. The third kappa shape index (κ3) is 2.95. The van der Waals surface area contributed by atoms with Crippen LogP contribution in [0.5, 0.6) is 0 Å². The van der Waals surface area contributed by atoms with Crippen LogP contribution in [-0.4, -0.2) is 39.4 Å². The highest BCUT2D eigenvalue weighted by molar-refractivity contribution is 6.06. The minimum Gasteiger partial charge on any atom is -0.334 e. The van der Waals surface area contributed by atoms with E-state index in [1.165, 1.54) is 6.07 Å². The molecule has 0 spiro atoms. The molecule has 2 aromatic carbocycles. The molecule has 0 atom stereocenters. The van der Waals surface area contributed by atoms with Gasteiger partial charge in [0.25, 0.3) is 11.8 Å². The maximum absolute atomic E-state index is 13.7. The second-order valence-electron chi connectivity index (χ2n) is 6.59. The number of imidazole rings is 1. The third-order valence-corrected chi connectivity index (χ3v) is 4.89. The predicted molar refractivity (Wildman–Crippen MR) is 100 cm³/mol. The van der Waals surface area contributed by atoms with Crippen molar-refractivity contribution in [3.05, 3.63) is 59.2 Å². The number of anilines is 1. The number of hydrogen-bond donors (Lipinski definition) is 1. The molecular weight excluding hydrogens is 347 g/mol. The summed E-state index contributed by atoms with van der Waals surface area (Å²) in [5.74, 6) is -0.422. The molecule has 0 saturated heterocycles. The van der Waals surface area contributed by atoms with Crippen molar-refractivity contribution in [1.82, 2.24) is 14.5 Å². The number of halogens is 1. The van der Waals surface area contributed by atoms with Gasteiger partial charge in [-0.1, -0.05) is 6.07 Å². The van der Waals surface area contributed by atoms with Gasteiger partial charge in [-0.15, -0.1) is 0 Å². The van der Waals surface area contributed by atoms with Gasteiger partial charge in [0.15, 0.2) is 5.82 Å². The Balaban J connectivity index is 1.64. The lowest BCUT2D eigenvalue weighted by Gasteiger charge is -2.26. The summed E-state index contributed by atoms with van der Waals surface area (Å²) >= 11 is 0. The first-order valence-electron chi connectivity index (χ1n) is 8.85. The monoisotopic (exact) mass is 366 g/mol. The minimum atomic E-state index is -0.371. The molecule has 1 aliphatic rings. The van der Waals surface area contributed by atoms with Crippen molar-refractivity contribution in [2.24, 2.45) is 0 Å². The fourth-order valence-electron chi connectivity index (χ4n) is 3.30. The van der Waals surface area contributed by atoms with E-state index in [-0.39, 0.29) is 17.6 Å². The quantitative estimate of drug-likeness (QED) is 0.774. The molecule has 7 heteroatoms. The average molecular weight is 366 g/mol. The fraction of sp³-hybridized carbons (Fsp3) is 0.250. The second kappa shape index (κ2) is 6.50. The van der Waals surface area contributed by atoms with Crippen molar-refractivity contribution in [2.45, 2.75) is 20.4 Å². The lowest BCUT2D eigenvalue weighted by atomic mass is 10.1. The van der Waals surface area contributed by atoms with Crippen LogP contribution < -0.4 is 5.32 Å². The molecule has 0 aliphatic carbocycles. The Morgan fingerprint density at radius 2 is 2.04 bits per heavy atom. The van der Waals surface area contributed by atoms with Gasteiger partial charge >= 0.3 is 0 Å². The zero-order valence-electron chi connectivity index (χ0n) is 15.1. The topological polar surface area (TPSA) is 67.2 Å². The molecule has 2 heterocycles.